The number of carbonyl (C=O) groups is 3. The summed E-state index contributed by atoms with van der Waals surface area (Å²) in [5.74, 6) is -2.06. The summed E-state index contributed by atoms with van der Waals surface area (Å²) in [6, 6.07) is -0.229. The van der Waals surface area contributed by atoms with E-state index in [4.69, 9.17) is 22.1 Å². The van der Waals surface area contributed by atoms with E-state index in [0.29, 0.717) is 18.8 Å². The molecule has 1 rings (SSSR count). The molecule has 0 heterocycles. The number of nitrogens with two attached hydrogens (primary N) is 1. The summed E-state index contributed by atoms with van der Waals surface area (Å²) in [4.78, 5) is 36.0. The number of aliphatic hydroxyl groups excluding tert-OH is 4. The van der Waals surface area contributed by atoms with Crippen LogP contribution >= 0.6 is 11.6 Å². The Bertz CT molecular complexity index is 1150. The molecular weight excluding hydrogens is 600 g/mol. The first-order chi connectivity index (χ1) is 21.2. The fourth-order valence-electron chi connectivity index (χ4n) is 4.75. The van der Waals surface area contributed by atoms with Crippen LogP contribution in [0.4, 0.5) is 4.79 Å². The Balaban J connectivity index is 2.64. The number of halogens is 1. The zero-order valence-electron chi connectivity index (χ0n) is 26.9. The summed E-state index contributed by atoms with van der Waals surface area (Å²) < 4.78 is 5.02. The maximum atomic E-state index is 12.6. The van der Waals surface area contributed by atoms with Crippen molar-refractivity contribution in [3.8, 4) is 0 Å². The van der Waals surface area contributed by atoms with Crippen molar-refractivity contribution in [2.24, 2.45) is 23.5 Å². The van der Waals surface area contributed by atoms with Crippen LogP contribution < -0.4 is 11.1 Å². The predicted molar refractivity (Wildman–Crippen MR) is 176 cm³/mol. The average molecular weight is 651 g/mol. The number of Topliss-reactive ketones (excluding diaryl/α,β-unsaturated/α-hetero) is 1. The van der Waals surface area contributed by atoms with Gasteiger partial charge in [0.25, 0.3) is 0 Å². The van der Waals surface area contributed by atoms with E-state index in [0.717, 1.165) is 18.4 Å². The van der Waals surface area contributed by atoms with Gasteiger partial charge in [-0.2, -0.15) is 0 Å². The van der Waals surface area contributed by atoms with Gasteiger partial charge < -0.3 is 36.2 Å². The van der Waals surface area contributed by atoms with Crippen LogP contribution in [0, 0.1) is 17.8 Å². The maximum absolute atomic E-state index is 12.6. The minimum Gasteiger partial charge on any atom is -0.442 e. The van der Waals surface area contributed by atoms with Crippen molar-refractivity contribution in [1.82, 2.24) is 5.32 Å². The van der Waals surface area contributed by atoms with Crippen molar-refractivity contribution >= 4 is 29.4 Å². The molecule has 252 valence electrons. The van der Waals surface area contributed by atoms with E-state index < -0.39 is 60.7 Å². The summed E-state index contributed by atoms with van der Waals surface area (Å²) in [7, 11) is 0. The molecule has 1 saturated carbocycles. The summed E-state index contributed by atoms with van der Waals surface area (Å²) in [6.07, 6.45) is 12.2. The van der Waals surface area contributed by atoms with E-state index in [9.17, 15) is 34.8 Å². The first kappa shape index (κ1) is 40.0. The lowest BCUT2D eigenvalue weighted by molar-refractivity contribution is -0.137. The minimum atomic E-state index is -1.80. The lowest BCUT2D eigenvalue weighted by atomic mass is 9.85. The summed E-state index contributed by atoms with van der Waals surface area (Å²) in [5, 5.41) is 44.7. The molecule has 9 atom stereocenters. The molecule has 45 heavy (non-hydrogen) atoms. The number of nitrogens with one attached hydrogen (secondary N) is 1. The molecular formula is C34H51ClN2O8. The molecule has 0 saturated heterocycles. The van der Waals surface area contributed by atoms with Crippen LogP contribution in [0.2, 0.25) is 0 Å². The van der Waals surface area contributed by atoms with E-state index in [1.54, 1.807) is 56.4 Å². The van der Waals surface area contributed by atoms with E-state index >= 15 is 0 Å². The van der Waals surface area contributed by atoms with Crippen LogP contribution in [0.3, 0.4) is 0 Å². The first-order valence-electron chi connectivity index (χ1n) is 15.4. The lowest BCUT2D eigenvalue weighted by Crippen LogP contribution is -2.46. The van der Waals surface area contributed by atoms with E-state index in [2.05, 4.69) is 12.2 Å². The molecule has 7 N–H and O–H groups in total. The van der Waals surface area contributed by atoms with Gasteiger partial charge in [0.05, 0.1) is 24.4 Å². The van der Waals surface area contributed by atoms with Gasteiger partial charge in [0.2, 0.25) is 5.91 Å². The number of rotatable bonds is 17. The standard InChI is InChI=1S/C34H51ClN2O8/c1-6-7-15-30(45-34(36)44)24(5)28(39)20-29(40)33(43)32(42)23(4)25(35)14-10-8-12-21(2)13-9-11-16-31(41)37-26-19-22(3)17-18-27(26)38/h7-16,22-24,26-28,30,32-33,38-39,42-43H,6,17-20H2,1-5H3,(H2,36,44)(H,37,41)/b10-8+,13-9+,15-7+,16-11+,21-12+,25-14-/t22-,23-,24+,26-,27+,28-,30-,32-,33-/m1/s1. The second-order valence-corrected chi connectivity index (χ2v) is 12.2. The van der Waals surface area contributed by atoms with Gasteiger partial charge in [0.15, 0.2) is 5.78 Å². The van der Waals surface area contributed by atoms with Gasteiger partial charge in [-0.3, -0.25) is 9.59 Å². The lowest BCUT2D eigenvalue weighted by Gasteiger charge is -2.31. The van der Waals surface area contributed by atoms with Gasteiger partial charge in [-0.25, -0.2) is 4.79 Å². The third-order valence-corrected chi connectivity index (χ3v) is 8.27. The van der Waals surface area contributed by atoms with Gasteiger partial charge in [-0.05, 0) is 50.7 Å². The number of aliphatic hydroxyl groups is 4. The van der Waals surface area contributed by atoms with Gasteiger partial charge in [-0.1, -0.05) is 87.4 Å². The van der Waals surface area contributed by atoms with Crippen molar-refractivity contribution in [1.29, 1.82) is 0 Å². The van der Waals surface area contributed by atoms with E-state index in [1.165, 1.54) is 12.2 Å². The van der Waals surface area contributed by atoms with Crippen LogP contribution in [-0.2, 0) is 14.3 Å². The Kier molecular flexibility index (Phi) is 18.6. The normalized spacial score (nSPS) is 24.1. The van der Waals surface area contributed by atoms with Gasteiger partial charge in [0.1, 0.15) is 12.2 Å². The molecule has 10 nitrogen and oxygen atoms in total. The molecule has 2 amide bonds. The number of hydrogen-bond donors (Lipinski definition) is 6. The Labute approximate surface area is 272 Å². The Morgan fingerprint density at radius 2 is 1.69 bits per heavy atom. The maximum Gasteiger partial charge on any atom is 0.405 e. The van der Waals surface area contributed by atoms with Crippen LogP contribution in [0.25, 0.3) is 0 Å². The van der Waals surface area contributed by atoms with E-state index in [-0.39, 0.29) is 17.0 Å². The molecule has 0 aromatic heterocycles. The SMILES string of the molecule is CC/C=C/[C@@H](OC(N)=O)[C@@H](C)[C@H](O)CC(=O)[C@@H](O)[C@H](O)[C@H](C)/C(Cl)=C/C=C/C=C(C)/C=C/C=C/C(=O)N[C@@H]1C[C@H](C)CC[C@@H]1O. The van der Waals surface area contributed by atoms with Gasteiger partial charge in [0, 0.05) is 29.4 Å². The van der Waals surface area contributed by atoms with Crippen LogP contribution in [0.5, 0.6) is 0 Å². The van der Waals surface area contributed by atoms with Crippen LogP contribution in [0.1, 0.15) is 66.7 Å². The number of ether oxygens (including phenoxy) is 1. The topological polar surface area (TPSA) is 179 Å². The quantitative estimate of drug-likeness (QED) is 0.0772. The molecule has 0 bridgehead atoms. The largest absolute Gasteiger partial charge is 0.442 e. The summed E-state index contributed by atoms with van der Waals surface area (Å²) >= 11 is 6.32. The molecule has 0 unspecified atom stereocenters. The summed E-state index contributed by atoms with van der Waals surface area (Å²) in [5.41, 5.74) is 5.99. The third-order valence-electron chi connectivity index (χ3n) is 7.80. The number of amides is 2. The van der Waals surface area contributed by atoms with Crippen molar-refractivity contribution < 1.29 is 39.5 Å². The number of carbonyl (C=O) groups excluding carboxylic acids is 3. The fourth-order valence-corrected chi connectivity index (χ4v) is 4.95. The third kappa shape index (κ3) is 15.2. The van der Waals surface area contributed by atoms with Crippen molar-refractivity contribution in [3.05, 3.63) is 71.4 Å². The monoisotopic (exact) mass is 650 g/mol. The van der Waals surface area contributed by atoms with E-state index in [1.807, 2.05) is 19.9 Å². The van der Waals surface area contributed by atoms with Gasteiger partial charge in [-0.15, -0.1) is 0 Å². The van der Waals surface area contributed by atoms with Crippen molar-refractivity contribution in [3.63, 3.8) is 0 Å². The molecule has 1 aliphatic carbocycles. The smallest absolute Gasteiger partial charge is 0.405 e. The second-order valence-electron chi connectivity index (χ2n) is 11.7. The number of primary amides is 1. The highest BCUT2D eigenvalue weighted by Gasteiger charge is 2.34. The molecule has 11 heteroatoms. The Morgan fingerprint density at radius 3 is 2.33 bits per heavy atom. The molecule has 0 aromatic rings. The highest BCUT2D eigenvalue weighted by molar-refractivity contribution is 6.30. The van der Waals surface area contributed by atoms with Crippen LogP contribution in [0.15, 0.2) is 71.4 Å². The Hall–Kier alpha value is -3.02. The predicted octanol–water partition coefficient (Wildman–Crippen LogP) is 4.13. The molecule has 1 aliphatic rings. The fraction of sp³-hybridized carbons (Fsp3) is 0.559. The number of ketones is 1. The minimum absolute atomic E-state index is 0.201. The van der Waals surface area contributed by atoms with Crippen molar-refractivity contribution in [2.75, 3.05) is 0 Å². The first-order valence-corrected chi connectivity index (χ1v) is 15.8. The molecule has 0 spiro atoms. The highest BCUT2D eigenvalue weighted by atomic mass is 35.5. The number of hydrogen-bond acceptors (Lipinski definition) is 8. The summed E-state index contributed by atoms with van der Waals surface area (Å²) in [6.45, 7) is 8.99. The second kappa shape index (κ2) is 20.9. The Morgan fingerprint density at radius 1 is 1.04 bits per heavy atom. The zero-order valence-corrected chi connectivity index (χ0v) is 27.6. The number of allylic oxidation sites excluding steroid dienone is 9. The average Bonchev–Trinajstić information content (AvgIpc) is 2.99. The molecule has 1 fully saturated rings. The molecule has 0 aromatic carbocycles. The van der Waals surface area contributed by atoms with Gasteiger partial charge >= 0.3 is 6.09 Å². The van der Waals surface area contributed by atoms with Crippen molar-refractivity contribution in [2.45, 2.75) is 103 Å². The van der Waals surface area contributed by atoms with Crippen LogP contribution in [-0.4, -0.2) is 74.8 Å². The molecule has 0 aliphatic heterocycles. The zero-order chi connectivity index (χ0) is 34.1. The highest BCUT2D eigenvalue weighted by Crippen LogP contribution is 2.25. The molecule has 0 radical (unpaired) electrons.